The number of Topliss-reactive ketones (excluding diaryl/α,β-unsaturated/α-hetero) is 1. The Kier molecular flexibility index (Phi) is 12.4. The maximum Gasteiger partial charge on any atom is 0.237 e. The van der Waals surface area contributed by atoms with Crippen molar-refractivity contribution in [1.82, 2.24) is 24.8 Å². The zero-order chi connectivity index (χ0) is 40.7. The summed E-state index contributed by atoms with van der Waals surface area (Å²) in [7, 11) is 0. The van der Waals surface area contributed by atoms with Crippen LogP contribution in [0.4, 0.5) is 28.7 Å². The van der Waals surface area contributed by atoms with Gasteiger partial charge in [-0.15, -0.1) is 0 Å². The van der Waals surface area contributed by atoms with Crippen LogP contribution >= 0.6 is 0 Å². The fourth-order valence-electron chi connectivity index (χ4n) is 8.48. The summed E-state index contributed by atoms with van der Waals surface area (Å²) >= 11 is 0. The van der Waals surface area contributed by atoms with Gasteiger partial charge in [-0.25, -0.2) is 15.0 Å². The summed E-state index contributed by atoms with van der Waals surface area (Å²) < 4.78 is 5.73. The number of nitrogens with zero attached hydrogens (tertiary/aromatic N) is 6. The molecular weight excluding hydrogens is 739 g/mol. The van der Waals surface area contributed by atoms with Gasteiger partial charge in [0.15, 0.2) is 5.78 Å². The van der Waals surface area contributed by atoms with Crippen LogP contribution in [0.2, 0.25) is 0 Å². The predicted octanol–water partition coefficient (Wildman–Crippen LogP) is 7.45. The number of nitrogens with one attached hydrogen (secondary N) is 3. The second-order valence-electron chi connectivity index (χ2n) is 16.0. The molecule has 2 fully saturated rings. The zero-order valence-corrected chi connectivity index (χ0v) is 34.3. The first kappa shape index (κ1) is 40.0. The van der Waals surface area contributed by atoms with Gasteiger partial charge in [0.05, 0.1) is 11.6 Å². The van der Waals surface area contributed by atoms with Crippen molar-refractivity contribution in [3.63, 3.8) is 0 Å². The topological polar surface area (TPSA) is 128 Å². The van der Waals surface area contributed by atoms with Gasteiger partial charge in [0.25, 0.3) is 0 Å². The monoisotopic (exact) mass is 793 g/mol. The maximum absolute atomic E-state index is 12.3. The molecule has 3 aliphatic rings. The lowest BCUT2D eigenvalue weighted by Gasteiger charge is -2.38. The molecule has 2 saturated heterocycles. The van der Waals surface area contributed by atoms with Crippen LogP contribution < -0.4 is 25.6 Å². The van der Waals surface area contributed by atoms with Crippen molar-refractivity contribution in [2.75, 3.05) is 86.4 Å². The SMILES string of the molecule is C=CC(=O)C(CCC(C)=O)Nc1ccc(N2CCN(CCN3CCC(c4ccc(Nc5ncc6ccc(-c7cnc8c(c7C)NCCO8)cc6n5)cc4)CC3)CC2)cc1. The lowest BCUT2D eigenvalue weighted by Crippen LogP contribution is -2.49. The summed E-state index contributed by atoms with van der Waals surface area (Å²) in [4.78, 5) is 45.5. The molecule has 5 aromatic rings. The van der Waals surface area contributed by atoms with Gasteiger partial charge in [0.2, 0.25) is 11.8 Å². The van der Waals surface area contributed by atoms with Gasteiger partial charge in [-0.1, -0.05) is 30.8 Å². The van der Waals surface area contributed by atoms with Crippen molar-refractivity contribution in [2.45, 2.75) is 51.5 Å². The molecule has 306 valence electrons. The highest BCUT2D eigenvalue weighted by Crippen LogP contribution is 2.36. The van der Waals surface area contributed by atoms with E-state index in [1.165, 1.54) is 30.2 Å². The first-order chi connectivity index (χ1) is 28.8. The predicted molar refractivity (Wildman–Crippen MR) is 237 cm³/mol. The van der Waals surface area contributed by atoms with E-state index in [0.29, 0.717) is 37.2 Å². The van der Waals surface area contributed by atoms with Gasteiger partial charge in [0, 0.05) is 92.6 Å². The number of aromatic nitrogens is 3. The van der Waals surface area contributed by atoms with E-state index in [0.717, 1.165) is 104 Å². The summed E-state index contributed by atoms with van der Waals surface area (Å²) in [5.74, 6) is 1.79. The van der Waals surface area contributed by atoms with Gasteiger partial charge in [-0.2, -0.15) is 0 Å². The van der Waals surface area contributed by atoms with E-state index in [2.05, 4.69) is 109 Å². The normalized spacial score (nSPS) is 16.7. The number of carbonyl (C=O) groups excluding carboxylic acids is 2. The van der Waals surface area contributed by atoms with Crippen LogP contribution in [0.15, 0.2) is 91.8 Å². The minimum Gasteiger partial charge on any atom is -0.474 e. The second-order valence-corrected chi connectivity index (χ2v) is 16.0. The number of fused-ring (bicyclic) bond motifs is 2. The highest BCUT2D eigenvalue weighted by Gasteiger charge is 2.24. The standard InChI is InChI=1S/C47H55N9O3/c1-4-44(58)42(16-5-32(2)57)51-38-12-14-40(15-13-38)56-26-24-55(25-27-56)23-22-54-20-17-35(18-21-54)34-8-10-39(11-9-34)52-47-50-30-37-7-6-36(29-43(37)53-47)41-31-49-46-45(33(41)3)48-19-28-59-46/h4,6-15,29-31,35,42,48,51H,1,5,16-28H2,2-3H3,(H,50,52,53). The average molecular weight is 794 g/mol. The molecule has 0 saturated carbocycles. The number of pyridine rings is 1. The zero-order valence-electron chi connectivity index (χ0n) is 34.3. The molecule has 1 unspecified atom stereocenters. The minimum atomic E-state index is -0.440. The molecule has 0 spiro atoms. The second kappa shape index (κ2) is 18.4. The Morgan fingerprint density at radius 2 is 1.64 bits per heavy atom. The number of hydrogen-bond acceptors (Lipinski definition) is 12. The van der Waals surface area contributed by atoms with Gasteiger partial charge >= 0.3 is 0 Å². The lowest BCUT2D eigenvalue weighted by molar-refractivity contribution is -0.117. The van der Waals surface area contributed by atoms with E-state index >= 15 is 0 Å². The van der Waals surface area contributed by atoms with Crippen molar-refractivity contribution in [2.24, 2.45) is 0 Å². The Labute approximate surface area is 347 Å². The Bertz CT molecular complexity index is 2260. The number of ketones is 2. The van der Waals surface area contributed by atoms with Gasteiger partial charge in [-0.05, 0) is 117 Å². The van der Waals surface area contributed by atoms with Crippen molar-refractivity contribution in [3.8, 4) is 17.0 Å². The van der Waals surface area contributed by atoms with Crippen LogP contribution in [-0.4, -0.2) is 108 Å². The molecular formula is C47H55N9O3. The number of likely N-dealkylation sites (tertiary alicyclic amines) is 1. The first-order valence-corrected chi connectivity index (χ1v) is 21.0. The third-order valence-corrected chi connectivity index (χ3v) is 12.1. The summed E-state index contributed by atoms with van der Waals surface area (Å²) in [6.45, 7) is 17.2. The number of rotatable bonds is 15. The smallest absolute Gasteiger partial charge is 0.237 e. The minimum absolute atomic E-state index is 0.0782. The van der Waals surface area contributed by atoms with Gasteiger partial charge in [0.1, 0.15) is 18.1 Å². The third-order valence-electron chi connectivity index (χ3n) is 12.1. The lowest BCUT2D eigenvalue weighted by atomic mass is 9.89. The molecule has 0 amide bonds. The molecule has 0 radical (unpaired) electrons. The van der Waals surface area contributed by atoms with Crippen LogP contribution in [0, 0.1) is 6.92 Å². The molecule has 8 rings (SSSR count). The number of anilines is 5. The van der Waals surface area contributed by atoms with Gasteiger partial charge in [-0.3, -0.25) is 9.69 Å². The van der Waals surface area contributed by atoms with Crippen molar-refractivity contribution < 1.29 is 14.3 Å². The molecule has 5 heterocycles. The van der Waals surface area contributed by atoms with Gasteiger partial charge < -0.3 is 35.3 Å². The summed E-state index contributed by atoms with van der Waals surface area (Å²) in [5, 5.41) is 11.1. The maximum atomic E-state index is 12.3. The number of carbonyl (C=O) groups is 2. The Hall–Kier alpha value is -5.85. The first-order valence-electron chi connectivity index (χ1n) is 21.0. The van der Waals surface area contributed by atoms with E-state index in [1.54, 1.807) is 6.92 Å². The fourth-order valence-corrected chi connectivity index (χ4v) is 8.48. The molecule has 3 N–H and O–H groups in total. The number of ether oxygens (including phenoxy) is 1. The third kappa shape index (κ3) is 9.72. The highest BCUT2D eigenvalue weighted by atomic mass is 16.5. The largest absolute Gasteiger partial charge is 0.474 e. The number of hydrogen-bond donors (Lipinski definition) is 3. The summed E-state index contributed by atoms with van der Waals surface area (Å²) in [6.07, 6.45) is 8.25. The van der Waals surface area contributed by atoms with Crippen LogP contribution in [0.1, 0.15) is 49.7 Å². The molecule has 3 aliphatic heterocycles. The van der Waals surface area contributed by atoms with Crippen LogP contribution in [-0.2, 0) is 9.59 Å². The molecule has 0 aliphatic carbocycles. The number of benzene rings is 3. The van der Waals surface area contributed by atoms with Crippen LogP contribution in [0.5, 0.6) is 5.88 Å². The number of piperidine rings is 1. The average Bonchev–Trinajstić information content (AvgIpc) is 3.27. The Morgan fingerprint density at radius 1 is 0.915 bits per heavy atom. The van der Waals surface area contributed by atoms with Crippen molar-refractivity contribution >= 4 is 51.2 Å². The molecule has 12 heteroatoms. The van der Waals surface area contributed by atoms with E-state index in [-0.39, 0.29) is 11.6 Å². The Morgan fingerprint density at radius 3 is 2.37 bits per heavy atom. The van der Waals surface area contributed by atoms with Crippen LogP contribution in [0.3, 0.4) is 0 Å². The van der Waals surface area contributed by atoms with E-state index < -0.39 is 6.04 Å². The molecule has 59 heavy (non-hydrogen) atoms. The Balaban J connectivity index is 0.774. The fraction of sp³-hybridized carbons (Fsp3) is 0.383. The van der Waals surface area contributed by atoms with Crippen LogP contribution in [0.25, 0.3) is 22.0 Å². The molecule has 0 bridgehead atoms. The number of piperazine rings is 1. The van der Waals surface area contributed by atoms with E-state index in [9.17, 15) is 9.59 Å². The summed E-state index contributed by atoms with van der Waals surface area (Å²) in [6, 6.07) is 22.9. The van der Waals surface area contributed by atoms with Crippen molar-refractivity contribution in [3.05, 3.63) is 103 Å². The van der Waals surface area contributed by atoms with E-state index in [4.69, 9.17) is 9.72 Å². The molecule has 1 atom stereocenters. The van der Waals surface area contributed by atoms with E-state index in [1.807, 2.05) is 24.5 Å². The quantitative estimate of drug-likeness (QED) is 0.0912. The summed E-state index contributed by atoms with van der Waals surface area (Å²) in [5.41, 5.74) is 9.51. The molecule has 2 aromatic heterocycles. The van der Waals surface area contributed by atoms with Crippen molar-refractivity contribution in [1.29, 1.82) is 0 Å². The highest BCUT2D eigenvalue weighted by molar-refractivity contribution is 5.96. The molecule has 3 aromatic carbocycles. The molecule has 12 nitrogen and oxygen atoms in total.